The molecule has 1 aromatic carbocycles. The Balaban J connectivity index is 1.93. The number of halogens is 2. The molecule has 2 amide bonds. The normalized spacial score (nSPS) is 20.4. The summed E-state index contributed by atoms with van der Waals surface area (Å²) in [6.45, 7) is -0.0451. The van der Waals surface area contributed by atoms with Crippen molar-refractivity contribution in [2.24, 2.45) is 5.73 Å². The molecule has 1 aromatic heterocycles. The first-order chi connectivity index (χ1) is 11.4. The van der Waals surface area contributed by atoms with E-state index in [1.165, 1.54) is 11.0 Å². The zero-order chi connectivity index (χ0) is 17.4. The number of furan rings is 1. The van der Waals surface area contributed by atoms with E-state index in [-0.39, 0.29) is 29.9 Å². The van der Waals surface area contributed by atoms with Crippen molar-refractivity contribution in [2.75, 3.05) is 6.54 Å². The van der Waals surface area contributed by atoms with Crippen LogP contribution < -0.4 is 5.73 Å². The van der Waals surface area contributed by atoms with Gasteiger partial charge in [0.05, 0.1) is 17.7 Å². The minimum atomic E-state index is -0.871. The van der Waals surface area contributed by atoms with Gasteiger partial charge in [0.1, 0.15) is 17.9 Å². The van der Waals surface area contributed by atoms with Crippen molar-refractivity contribution in [3.05, 3.63) is 59.1 Å². The summed E-state index contributed by atoms with van der Waals surface area (Å²) in [7, 11) is 0. The van der Waals surface area contributed by atoms with Gasteiger partial charge in [-0.05, 0) is 24.6 Å². The Labute approximate surface area is 135 Å². The quantitative estimate of drug-likeness (QED) is 0.890. The number of carbonyl (C=O) groups is 2. The number of aliphatic hydroxyl groups excluding tert-OH is 1. The van der Waals surface area contributed by atoms with Crippen molar-refractivity contribution in [1.29, 1.82) is 0 Å². The Bertz CT molecular complexity index is 805. The predicted molar refractivity (Wildman–Crippen MR) is 78.0 cm³/mol. The molecule has 1 aliphatic rings. The molecule has 126 valence electrons. The molecule has 0 bridgehead atoms. The third-order valence-electron chi connectivity index (χ3n) is 3.95. The van der Waals surface area contributed by atoms with E-state index >= 15 is 0 Å². The van der Waals surface area contributed by atoms with Gasteiger partial charge in [-0.1, -0.05) is 0 Å². The number of β-amino-alcohol motifs (C(OH)–C–C–N with tert-alkyl or cyclic N) is 1. The number of hydrogen-bond donors (Lipinski definition) is 2. The lowest BCUT2D eigenvalue weighted by atomic mass is 10.0. The van der Waals surface area contributed by atoms with E-state index < -0.39 is 35.6 Å². The molecule has 0 radical (unpaired) electrons. The molecule has 2 aromatic rings. The molecule has 8 heteroatoms. The third kappa shape index (κ3) is 2.88. The highest BCUT2D eigenvalue weighted by molar-refractivity contribution is 5.98. The van der Waals surface area contributed by atoms with Gasteiger partial charge in [0.25, 0.3) is 11.8 Å². The Morgan fingerprint density at radius 1 is 1.29 bits per heavy atom. The molecule has 24 heavy (non-hydrogen) atoms. The maximum absolute atomic E-state index is 14.0. The monoisotopic (exact) mass is 336 g/mol. The second-order valence-corrected chi connectivity index (χ2v) is 5.59. The number of rotatable bonds is 3. The lowest BCUT2D eigenvalue weighted by molar-refractivity contribution is 0.0713. The average Bonchev–Trinajstić information content (AvgIpc) is 3.16. The van der Waals surface area contributed by atoms with Crippen molar-refractivity contribution in [3.8, 4) is 0 Å². The summed E-state index contributed by atoms with van der Waals surface area (Å²) in [5.41, 5.74) is 5.09. The highest BCUT2D eigenvalue weighted by Gasteiger charge is 2.37. The molecule has 1 saturated heterocycles. The van der Waals surface area contributed by atoms with Crippen LogP contribution in [0.3, 0.4) is 0 Å². The molecule has 0 saturated carbocycles. The second kappa shape index (κ2) is 6.04. The molecule has 0 spiro atoms. The van der Waals surface area contributed by atoms with Crippen LogP contribution in [0.15, 0.2) is 34.9 Å². The summed E-state index contributed by atoms with van der Waals surface area (Å²) >= 11 is 0. The fraction of sp³-hybridized carbons (Fsp3) is 0.250. The molecule has 2 heterocycles. The van der Waals surface area contributed by atoms with E-state index in [4.69, 9.17) is 10.2 Å². The van der Waals surface area contributed by atoms with Crippen LogP contribution in [-0.4, -0.2) is 34.5 Å². The number of likely N-dealkylation sites (tertiary alicyclic amines) is 1. The lowest BCUT2D eigenvalue weighted by Crippen LogP contribution is -2.32. The van der Waals surface area contributed by atoms with Gasteiger partial charge in [0.2, 0.25) is 0 Å². The first-order valence-corrected chi connectivity index (χ1v) is 7.19. The Morgan fingerprint density at radius 3 is 2.71 bits per heavy atom. The molecule has 3 N–H and O–H groups in total. The van der Waals surface area contributed by atoms with E-state index in [0.717, 1.165) is 24.5 Å². The predicted octanol–water partition coefficient (Wildman–Crippen LogP) is 1.60. The number of hydrogen-bond acceptors (Lipinski definition) is 4. The molecule has 1 fully saturated rings. The highest BCUT2D eigenvalue weighted by atomic mass is 19.1. The van der Waals surface area contributed by atoms with E-state index in [0.29, 0.717) is 0 Å². The van der Waals surface area contributed by atoms with Crippen molar-refractivity contribution in [3.63, 3.8) is 0 Å². The topological polar surface area (TPSA) is 96.8 Å². The van der Waals surface area contributed by atoms with Crippen molar-refractivity contribution < 1.29 is 27.9 Å². The number of amides is 2. The molecule has 0 aliphatic carbocycles. The number of benzene rings is 1. The van der Waals surface area contributed by atoms with Gasteiger partial charge < -0.3 is 20.2 Å². The first-order valence-electron chi connectivity index (χ1n) is 7.19. The van der Waals surface area contributed by atoms with E-state index in [1.807, 2.05) is 0 Å². The smallest absolute Gasteiger partial charge is 0.284 e. The van der Waals surface area contributed by atoms with E-state index in [2.05, 4.69) is 0 Å². The first kappa shape index (κ1) is 16.1. The van der Waals surface area contributed by atoms with Crippen LogP contribution >= 0.6 is 0 Å². The van der Waals surface area contributed by atoms with Crippen LogP contribution in [-0.2, 0) is 0 Å². The summed E-state index contributed by atoms with van der Waals surface area (Å²) in [4.78, 5) is 24.9. The van der Waals surface area contributed by atoms with Crippen LogP contribution in [0.1, 0.15) is 38.9 Å². The van der Waals surface area contributed by atoms with Gasteiger partial charge in [-0.2, -0.15) is 0 Å². The van der Waals surface area contributed by atoms with Crippen molar-refractivity contribution >= 4 is 11.8 Å². The zero-order valence-electron chi connectivity index (χ0n) is 12.4. The van der Waals surface area contributed by atoms with Crippen molar-refractivity contribution in [2.45, 2.75) is 18.6 Å². The van der Waals surface area contributed by atoms with E-state index in [9.17, 15) is 23.5 Å². The zero-order valence-corrected chi connectivity index (χ0v) is 12.4. The maximum Gasteiger partial charge on any atom is 0.284 e. The highest BCUT2D eigenvalue weighted by Crippen LogP contribution is 2.35. The summed E-state index contributed by atoms with van der Waals surface area (Å²) in [6.07, 6.45) is 0.266. The summed E-state index contributed by atoms with van der Waals surface area (Å²) in [5.74, 6) is -2.90. The minimum Gasteiger partial charge on any atom is -0.458 e. The molecule has 2 atom stereocenters. The molecule has 1 aliphatic heterocycles. The number of nitrogens with zero attached hydrogens (tertiary/aromatic N) is 1. The van der Waals surface area contributed by atoms with E-state index in [1.54, 1.807) is 0 Å². The number of carbonyl (C=O) groups excluding carboxylic acids is 2. The number of primary amides is 1. The summed E-state index contributed by atoms with van der Waals surface area (Å²) in [6, 6.07) is 3.30. The largest absolute Gasteiger partial charge is 0.458 e. The molecular weight excluding hydrogens is 322 g/mol. The van der Waals surface area contributed by atoms with Crippen LogP contribution in [0, 0.1) is 11.6 Å². The molecule has 6 nitrogen and oxygen atoms in total. The van der Waals surface area contributed by atoms with Gasteiger partial charge in [-0.3, -0.25) is 9.59 Å². The number of aliphatic hydroxyl groups is 1. The third-order valence-corrected chi connectivity index (χ3v) is 3.95. The lowest BCUT2D eigenvalue weighted by Gasteiger charge is -2.24. The Morgan fingerprint density at radius 2 is 2.04 bits per heavy atom. The van der Waals surface area contributed by atoms with Gasteiger partial charge in [0.15, 0.2) is 5.76 Å². The van der Waals surface area contributed by atoms with Gasteiger partial charge in [-0.25, -0.2) is 8.78 Å². The van der Waals surface area contributed by atoms with Crippen LogP contribution in [0.5, 0.6) is 0 Å². The number of nitrogens with two attached hydrogens (primary N) is 1. The van der Waals surface area contributed by atoms with Crippen LogP contribution in [0.2, 0.25) is 0 Å². The maximum atomic E-state index is 14.0. The van der Waals surface area contributed by atoms with Crippen LogP contribution in [0.25, 0.3) is 0 Å². The van der Waals surface area contributed by atoms with Crippen LogP contribution in [0.4, 0.5) is 8.78 Å². The average molecular weight is 336 g/mol. The van der Waals surface area contributed by atoms with Gasteiger partial charge >= 0.3 is 0 Å². The van der Waals surface area contributed by atoms with Crippen molar-refractivity contribution in [1.82, 2.24) is 4.90 Å². The van der Waals surface area contributed by atoms with Gasteiger partial charge in [-0.15, -0.1) is 0 Å². The Hall–Kier alpha value is -2.74. The molecule has 2 unspecified atom stereocenters. The summed E-state index contributed by atoms with van der Waals surface area (Å²) < 4.78 is 32.4. The fourth-order valence-corrected chi connectivity index (χ4v) is 2.85. The minimum absolute atomic E-state index is 0.0153. The molecular formula is C16H14F2N2O4. The SMILES string of the molecule is NC(=O)c1cc(C(=O)N2CC(O)CC2c2cc(F)ccc2F)co1. The fourth-order valence-electron chi connectivity index (χ4n) is 2.85. The second-order valence-electron chi connectivity index (χ2n) is 5.59. The molecule has 3 rings (SSSR count). The standard InChI is InChI=1S/C16H14F2N2O4/c17-9-1-2-12(18)11(4-9)13-5-10(21)6-20(13)16(23)8-3-14(15(19)22)24-7-8/h1-4,7,10,13,21H,5-6H2,(H2,19,22). The Kier molecular flexibility index (Phi) is 4.06. The summed E-state index contributed by atoms with van der Waals surface area (Å²) in [5, 5.41) is 9.87. The van der Waals surface area contributed by atoms with Gasteiger partial charge in [0, 0.05) is 18.2 Å².